The Morgan fingerprint density at radius 2 is 2.33 bits per heavy atom. The number of nitrogens with one attached hydrogen (secondary N) is 1. The summed E-state index contributed by atoms with van der Waals surface area (Å²) in [7, 11) is 0. The predicted octanol–water partition coefficient (Wildman–Crippen LogP) is 1.88. The Morgan fingerprint density at radius 1 is 1.50 bits per heavy atom. The number of furan rings is 1. The summed E-state index contributed by atoms with van der Waals surface area (Å²) in [5.74, 6) is 0.413. The van der Waals surface area contributed by atoms with Gasteiger partial charge in [0.15, 0.2) is 0 Å². The van der Waals surface area contributed by atoms with Gasteiger partial charge in [-0.1, -0.05) is 0 Å². The summed E-state index contributed by atoms with van der Waals surface area (Å²) in [5.41, 5.74) is 0. The normalized spacial score (nSPS) is 14.9. The zero-order valence-electron chi connectivity index (χ0n) is 10.4. The molecule has 0 spiro atoms. The van der Waals surface area contributed by atoms with Gasteiger partial charge in [0.05, 0.1) is 6.54 Å². The van der Waals surface area contributed by atoms with Gasteiger partial charge in [0.1, 0.15) is 5.76 Å². The highest BCUT2D eigenvalue weighted by Crippen LogP contribution is 2.28. The molecule has 18 heavy (non-hydrogen) atoms. The Labute approximate surface area is 106 Å². The van der Waals surface area contributed by atoms with E-state index in [1.165, 1.54) is 18.9 Å². The first kappa shape index (κ1) is 13.1. The number of aromatic carboxylic acids is 1. The molecule has 1 aliphatic carbocycles. The minimum Gasteiger partial charge on any atom is -0.475 e. The molecule has 1 saturated carbocycles. The summed E-state index contributed by atoms with van der Waals surface area (Å²) in [5, 5.41) is 11.9. The van der Waals surface area contributed by atoms with Crippen molar-refractivity contribution in [2.24, 2.45) is 5.92 Å². The lowest BCUT2D eigenvalue weighted by molar-refractivity contribution is 0.0660. The average molecular weight is 253 g/mol. The highest BCUT2D eigenvalue weighted by Gasteiger charge is 2.20. The maximum Gasteiger partial charge on any atom is 0.371 e. The molecule has 1 aromatic rings. The van der Waals surface area contributed by atoms with E-state index in [0.29, 0.717) is 12.3 Å². The van der Waals surface area contributed by atoms with Crippen LogP contribution < -0.4 is 5.32 Å². The van der Waals surface area contributed by atoms with Crippen molar-refractivity contribution in [2.75, 3.05) is 19.8 Å². The minimum absolute atomic E-state index is 0.0143. The van der Waals surface area contributed by atoms with Crippen molar-refractivity contribution < 1.29 is 19.1 Å². The summed E-state index contributed by atoms with van der Waals surface area (Å²) in [4.78, 5) is 10.6. The third-order valence-electron chi connectivity index (χ3n) is 2.86. The van der Waals surface area contributed by atoms with Gasteiger partial charge in [0, 0.05) is 13.2 Å². The maximum atomic E-state index is 10.6. The Bertz CT molecular complexity index is 384. The fourth-order valence-electron chi connectivity index (χ4n) is 1.63. The average Bonchev–Trinajstić information content (AvgIpc) is 3.04. The lowest BCUT2D eigenvalue weighted by atomic mass is 10.4. The van der Waals surface area contributed by atoms with Gasteiger partial charge in [-0.3, -0.25) is 0 Å². The Balaban J connectivity index is 1.49. The largest absolute Gasteiger partial charge is 0.475 e. The van der Waals surface area contributed by atoms with E-state index in [1.54, 1.807) is 6.07 Å². The van der Waals surface area contributed by atoms with E-state index >= 15 is 0 Å². The molecule has 5 nitrogen and oxygen atoms in total. The van der Waals surface area contributed by atoms with Gasteiger partial charge in [0.2, 0.25) is 5.76 Å². The monoisotopic (exact) mass is 253 g/mol. The zero-order valence-corrected chi connectivity index (χ0v) is 10.4. The molecule has 0 aliphatic heterocycles. The SMILES string of the molecule is O=C(O)c1ccc(CNCCCOCC2CC2)o1. The Hall–Kier alpha value is -1.33. The molecule has 2 N–H and O–H groups in total. The van der Waals surface area contributed by atoms with Crippen molar-refractivity contribution in [3.63, 3.8) is 0 Å². The quantitative estimate of drug-likeness (QED) is 0.657. The maximum absolute atomic E-state index is 10.6. The van der Waals surface area contributed by atoms with Crippen molar-refractivity contribution >= 4 is 5.97 Å². The minimum atomic E-state index is -1.03. The molecule has 5 heteroatoms. The summed E-state index contributed by atoms with van der Waals surface area (Å²) in [6, 6.07) is 3.15. The first-order chi connectivity index (χ1) is 8.75. The first-order valence-electron chi connectivity index (χ1n) is 6.36. The molecule has 1 aliphatic rings. The predicted molar refractivity (Wildman–Crippen MR) is 65.5 cm³/mol. The van der Waals surface area contributed by atoms with Crippen LogP contribution in [0.3, 0.4) is 0 Å². The van der Waals surface area contributed by atoms with Gasteiger partial charge in [-0.25, -0.2) is 4.79 Å². The molecule has 1 fully saturated rings. The lowest BCUT2D eigenvalue weighted by Gasteiger charge is -2.04. The fourth-order valence-corrected chi connectivity index (χ4v) is 1.63. The first-order valence-corrected chi connectivity index (χ1v) is 6.36. The fraction of sp³-hybridized carbons (Fsp3) is 0.615. The number of ether oxygens (including phenoxy) is 1. The second kappa shape index (κ2) is 6.56. The van der Waals surface area contributed by atoms with Crippen LogP contribution in [0.1, 0.15) is 35.6 Å². The van der Waals surface area contributed by atoms with Crippen LogP contribution in [-0.4, -0.2) is 30.8 Å². The van der Waals surface area contributed by atoms with E-state index in [-0.39, 0.29) is 5.76 Å². The van der Waals surface area contributed by atoms with Crippen LogP contribution >= 0.6 is 0 Å². The molecule has 0 amide bonds. The lowest BCUT2D eigenvalue weighted by Crippen LogP contribution is -2.16. The third-order valence-corrected chi connectivity index (χ3v) is 2.86. The molecule has 0 atom stereocenters. The van der Waals surface area contributed by atoms with Crippen LogP contribution in [0.4, 0.5) is 0 Å². The highest BCUT2D eigenvalue weighted by atomic mass is 16.5. The Kier molecular flexibility index (Phi) is 4.78. The van der Waals surface area contributed by atoms with Crippen LogP contribution in [0.25, 0.3) is 0 Å². The molecule has 1 aromatic heterocycles. The number of carbonyl (C=O) groups is 1. The second-order valence-corrected chi connectivity index (χ2v) is 4.62. The zero-order chi connectivity index (χ0) is 12.8. The van der Waals surface area contributed by atoms with Gasteiger partial charge in [-0.05, 0) is 43.9 Å². The van der Waals surface area contributed by atoms with Gasteiger partial charge in [0.25, 0.3) is 0 Å². The van der Waals surface area contributed by atoms with Crippen LogP contribution in [-0.2, 0) is 11.3 Å². The molecule has 0 bridgehead atoms. The van der Waals surface area contributed by atoms with Gasteiger partial charge in [-0.2, -0.15) is 0 Å². The molecule has 100 valence electrons. The van der Waals surface area contributed by atoms with Gasteiger partial charge in [-0.15, -0.1) is 0 Å². The van der Waals surface area contributed by atoms with Crippen LogP contribution in [0.5, 0.6) is 0 Å². The van der Waals surface area contributed by atoms with Crippen LogP contribution in [0.15, 0.2) is 16.5 Å². The van der Waals surface area contributed by atoms with E-state index in [9.17, 15) is 4.79 Å². The van der Waals surface area contributed by atoms with Crippen LogP contribution in [0, 0.1) is 5.92 Å². The van der Waals surface area contributed by atoms with Gasteiger partial charge < -0.3 is 19.6 Å². The number of rotatable bonds is 9. The van der Waals surface area contributed by atoms with E-state index in [1.807, 2.05) is 0 Å². The van der Waals surface area contributed by atoms with Gasteiger partial charge >= 0.3 is 5.97 Å². The summed E-state index contributed by atoms with van der Waals surface area (Å²) in [6.07, 6.45) is 3.60. The van der Waals surface area contributed by atoms with Crippen molar-refractivity contribution in [3.05, 3.63) is 23.7 Å². The summed E-state index contributed by atoms with van der Waals surface area (Å²) >= 11 is 0. The third kappa shape index (κ3) is 4.50. The summed E-state index contributed by atoms with van der Waals surface area (Å²) in [6.45, 7) is 3.08. The van der Waals surface area contributed by atoms with Crippen LogP contribution in [0.2, 0.25) is 0 Å². The van der Waals surface area contributed by atoms with Crippen molar-refractivity contribution in [3.8, 4) is 0 Å². The van der Waals surface area contributed by atoms with Crippen molar-refractivity contribution in [1.29, 1.82) is 0 Å². The standard InChI is InChI=1S/C13H19NO4/c15-13(16)12-5-4-11(18-12)8-14-6-1-7-17-9-10-2-3-10/h4-5,10,14H,1-3,6-9H2,(H,15,16). The molecular weight excluding hydrogens is 234 g/mol. The molecule has 0 aromatic carbocycles. The number of hydrogen-bond donors (Lipinski definition) is 2. The molecule has 2 rings (SSSR count). The molecular formula is C13H19NO4. The van der Waals surface area contributed by atoms with E-state index in [2.05, 4.69) is 5.32 Å². The second-order valence-electron chi connectivity index (χ2n) is 4.62. The molecule has 0 radical (unpaired) electrons. The molecule has 1 heterocycles. The van der Waals surface area contributed by atoms with E-state index in [4.69, 9.17) is 14.3 Å². The summed E-state index contributed by atoms with van der Waals surface area (Å²) < 4.78 is 10.6. The highest BCUT2D eigenvalue weighted by molar-refractivity contribution is 5.84. The van der Waals surface area contributed by atoms with E-state index in [0.717, 1.165) is 32.1 Å². The molecule has 0 saturated heterocycles. The smallest absolute Gasteiger partial charge is 0.371 e. The molecule has 0 unspecified atom stereocenters. The number of carboxylic acids is 1. The number of carboxylic acid groups (broad SMARTS) is 1. The van der Waals surface area contributed by atoms with Crippen molar-refractivity contribution in [2.45, 2.75) is 25.8 Å². The topological polar surface area (TPSA) is 71.7 Å². The number of hydrogen-bond acceptors (Lipinski definition) is 4. The van der Waals surface area contributed by atoms with E-state index < -0.39 is 5.97 Å². The Morgan fingerprint density at radius 3 is 3.00 bits per heavy atom. The van der Waals surface area contributed by atoms with Crippen molar-refractivity contribution in [1.82, 2.24) is 5.32 Å².